The van der Waals surface area contributed by atoms with Crippen molar-refractivity contribution in [3.63, 3.8) is 0 Å². The number of carbonyl (C=O) groups is 1. The lowest BCUT2D eigenvalue weighted by Crippen LogP contribution is -2.37. The lowest BCUT2D eigenvalue weighted by Gasteiger charge is -2.19. The molecule has 0 saturated carbocycles. The van der Waals surface area contributed by atoms with Crippen molar-refractivity contribution in [1.82, 2.24) is 9.55 Å². The predicted molar refractivity (Wildman–Crippen MR) is 56.4 cm³/mol. The highest BCUT2D eigenvalue weighted by molar-refractivity contribution is 5.66. The largest absolute Gasteiger partial charge is 0.458 e. The highest BCUT2D eigenvalue weighted by Gasteiger charge is 2.33. The molecule has 2 atom stereocenters. The molecule has 8 heteroatoms. The minimum absolute atomic E-state index is 0.274. The zero-order valence-electron chi connectivity index (χ0n) is 9.51. The van der Waals surface area contributed by atoms with Gasteiger partial charge in [-0.1, -0.05) is 0 Å². The van der Waals surface area contributed by atoms with Gasteiger partial charge >= 0.3 is 11.7 Å². The van der Waals surface area contributed by atoms with Crippen LogP contribution in [0.1, 0.15) is 19.6 Å². The van der Waals surface area contributed by atoms with Gasteiger partial charge < -0.3 is 9.47 Å². The van der Waals surface area contributed by atoms with Gasteiger partial charge in [-0.25, -0.2) is 4.79 Å². The number of aromatic amines is 1. The van der Waals surface area contributed by atoms with Gasteiger partial charge in [-0.15, -0.1) is 0 Å². The number of halogens is 1. The zero-order chi connectivity index (χ0) is 13.3. The first-order valence-electron chi connectivity index (χ1n) is 5.29. The molecule has 0 unspecified atom stereocenters. The fourth-order valence-electron chi connectivity index (χ4n) is 1.79. The molecule has 2 rings (SSSR count). The molecule has 2 heterocycles. The Kier molecular flexibility index (Phi) is 3.28. The average molecular weight is 258 g/mol. The number of esters is 1. The molecule has 7 nitrogen and oxygen atoms in total. The zero-order valence-corrected chi connectivity index (χ0v) is 9.51. The quantitative estimate of drug-likeness (QED) is 0.724. The average Bonchev–Trinajstić information content (AvgIpc) is 2.70. The van der Waals surface area contributed by atoms with Crippen LogP contribution in [0.25, 0.3) is 0 Å². The summed E-state index contributed by atoms with van der Waals surface area (Å²) in [6.45, 7) is 1.50. The van der Waals surface area contributed by atoms with Gasteiger partial charge in [-0.2, -0.15) is 4.39 Å². The molecule has 0 amide bonds. The molecule has 0 aromatic carbocycles. The van der Waals surface area contributed by atoms with Crippen molar-refractivity contribution in [2.75, 3.05) is 6.61 Å². The van der Waals surface area contributed by atoms with E-state index in [0.29, 0.717) is 6.42 Å². The first-order chi connectivity index (χ1) is 8.49. The number of carbonyl (C=O) groups excluding carboxylic acids is 1. The predicted octanol–water partition coefficient (Wildman–Crippen LogP) is -0.474. The third-order valence-corrected chi connectivity index (χ3v) is 2.52. The molecule has 0 radical (unpaired) electrons. The van der Waals surface area contributed by atoms with E-state index in [2.05, 4.69) is 0 Å². The first-order valence-corrected chi connectivity index (χ1v) is 5.29. The highest BCUT2D eigenvalue weighted by Crippen LogP contribution is 2.25. The fourth-order valence-corrected chi connectivity index (χ4v) is 1.79. The van der Waals surface area contributed by atoms with Crippen LogP contribution in [0.3, 0.4) is 0 Å². The Morgan fingerprint density at radius 1 is 1.61 bits per heavy atom. The Labute approximate surface area is 100 Å². The van der Waals surface area contributed by atoms with E-state index in [4.69, 9.17) is 9.47 Å². The van der Waals surface area contributed by atoms with Gasteiger partial charge in [0, 0.05) is 13.3 Å². The van der Waals surface area contributed by atoms with Crippen LogP contribution in [-0.4, -0.2) is 28.2 Å². The summed E-state index contributed by atoms with van der Waals surface area (Å²) >= 11 is 0. The summed E-state index contributed by atoms with van der Waals surface area (Å²) in [4.78, 5) is 35.1. The number of nitrogens with one attached hydrogen (secondary N) is 1. The fraction of sp³-hybridized carbons (Fsp3) is 0.500. The number of H-pyrrole nitrogens is 1. The molecule has 1 saturated heterocycles. The molecule has 98 valence electrons. The highest BCUT2D eigenvalue weighted by atomic mass is 19.1. The van der Waals surface area contributed by atoms with Gasteiger partial charge in [0.1, 0.15) is 6.10 Å². The van der Waals surface area contributed by atoms with E-state index in [1.807, 2.05) is 4.98 Å². The number of hydrogen-bond donors (Lipinski definition) is 1. The topological polar surface area (TPSA) is 90.4 Å². The van der Waals surface area contributed by atoms with Crippen LogP contribution in [0.2, 0.25) is 0 Å². The van der Waals surface area contributed by atoms with E-state index in [0.717, 1.165) is 10.8 Å². The first kappa shape index (κ1) is 12.5. The Hall–Kier alpha value is -1.96. The summed E-state index contributed by atoms with van der Waals surface area (Å²) in [5.41, 5.74) is -1.91. The van der Waals surface area contributed by atoms with Crippen LogP contribution in [0.15, 0.2) is 15.8 Å². The number of aromatic nitrogens is 2. The minimum atomic E-state index is -1.10. The van der Waals surface area contributed by atoms with E-state index in [1.54, 1.807) is 0 Å². The SMILES string of the molecule is CC(=O)O[C@@H]1CCO[C@H]1n1cc(F)c(=O)[nH]c1=O. The molecule has 1 fully saturated rings. The van der Waals surface area contributed by atoms with Crippen LogP contribution < -0.4 is 11.2 Å². The minimum Gasteiger partial charge on any atom is -0.458 e. The van der Waals surface area contributed by atoms with E-state index >= 15 is 0 Å². The molecule has 1 aromatic rings. The third-order valence-electron chi connectivity index (χ3n) is 2.52. The Bertz CT molecular complexity index is 578. The van der Waals surface area contributed by atoms with Crippen molar-refractivity contribution < 1.29 is 18.7 Å². The molecule has 0 bridgehead atoms. The summed E-state index contributed by atoms with van der Waals surface area (Å²) < 4.78 is 24.2. The smallest absolute Gasteiger partial charge is 0.330 e. The molecule has 1 N–H and O–H groups in total. The Balaban J connectivity index is 2.36. The maximum atomic E-state index is 13.1. The van der Waals surface area contributed by atoms with Gasteiger partial charge in [0.05, 0.1) is 12.8 Å². The lowest BCUT2D eigenvalue weighted by molar-refractivity contribution is -0.151. The second-order valence-electron chi connectivity index (χ2n) is 3.84. The Morgan fingerprint density at radius 3 is 3.00 bits per heavy atom. The van der Waals surface area contributed by atoms with E-state index < -0.39 is 35.4 Å². The monoisotopic (exact) mass is 258 g/mol. The number of nitrogens with zero attached hydrogens (tertiary/aromatic N) is 1. The van der Waals surface area contributed by atoms with Crippen LogP contribution in [-0.2, 0) is 14.3 Å². The van der Waals surface area contributed by atoms with Gasteiger partial charge in [0.15, 0.2) is 6.23 Å². The standard InChI is InChI=1S/C10H11FN2O5/c1-5(14)18-7-2-3-17-9(7)13-4-6(11)8(15)12-10(13)16/h4,7,9H,2-3H2,1H3,(H,12,15,16)/t7-,9-/m1/s1. The third kappa shape index (κ3) is 2.33. The molecule has 1 aliphatic heterocycles. The number of ether oxygens (including phenoxy) is 2. The van der Waals surface area contributed by atoms with Gasteiger partial charge in [-0.3, -0.25) is 19.1 Å². The molecular formula is C10H11FN2O5. The molecular weight excluding hydrogens is 247 g/mol. The molecule has 1 aliphatic rings. The van der Waals surface area contributed by atoms with Crippen molar-refractivity contribution in [3.05, 3.63) is 32.9 Å². The maximum absolute atomic E-state index is 13.1. The molecule has 0 aliphatic carbocycles. The Morgan fingerprint density at radius 2 is 2.33 bits per heavy atom. The van der Waals surface area contributed by atoms with Crippen LogP contribution >= 0.6 is 0 Å². The number of rotatable bonds is 2. The second-order valence-corrected chi connectivity index (χ2v) is 3.84. The van der Waals surface area contributed by atoms with Crippen molar-refractivity contribution in [2.24, 2.45) is 0 Å². The van der Waals surface area contributed by atoms with Crippen LogP contribution in [0.5, 0.6) is 0 Å². The summed E-state index contributed by atoms with van der Waals surface area (Å²) in [5, 5.41) is 0. The molecule has 18 heavy (non-hydrogen) atoms. The number of hydrogen-bond acceptors (Lipinski definition) is 5. The van der Waals surface area contributed by atoms with E-state index in [9.17, 15) is 18.8 Å². The second kappa shape index (κ2) is 4.73. The van der Waals surface area contributed by atoms with Crippen LogP contribution in [0.4, 0.5) is 4.39 Å². The molecule has 1 aromatic heterocycles. The van der Waals surface area contributed by atoms with Gasteiger partial charge in [-0.05, 0) is 0 Å². The molecule has 0 spiro atoms. The van der Waals surface area contributed by atoms with Crippen LogP contribution in [0, 0.1) is 5.82 Å². The lowest BCUT2D eigenvalue weighted by atomic mass is 10.2. The summed E-state index contributed by atoms with van der Waals surface area (Å²) in [7, 11) is 0. The van der Waals surface area contributed by atoms with Crippen molar-refractivity contribution >= 4 is 5.97 Å². The van der Waals surface area contributed by atoms with Crippen molar-refractivity contribution in [2.45, 2.75) is 25.7 Å². The summed E-state index contributed by atoms with van der Waals surface area (Å²) in [6.07, 6.45) is -0.455. The summed E-state index contributed by atoms with van der Waals surface area (Å²) in [5.74, 6) is -1.62. The van der Waals surface area contributed by atoms with E-state index in [1.165, 1.54) is 6.92 Å². The maximum Gasteiger partial charge on any atom is 0.330 e. The van der Waals surface area contributed by atoms with Crippen molar-refractivity contribution in [3.8, 4) is 0 Å². The normalized spacial score (nSPS) is 23.0. The van der Waals surface area contributed by atoms with Crippen molar-refractivity contribution in [1.29, 1.82) is 0 Å². The van der Waals surface area contributed by atoms with E-state index in [-0.39, 0.29) is 6.61 Å². The van der Waals surface area contributed by atoms with Gasteiger partial charge in [0.2, 0.25) is 5.82 Å². The van der Waals surface area contributed by atoms with Gasteiger partial charge in [0.25, 0.3) is 5.56 Å². The summed E-state index contributed by atoms with van der Waals surface area (Å²) in [6, 6.07) is 0.